The van der Waals surface area contributed by atoms with Gasteiger partial charge in [-0.05, 0) is 12.1 Å². The summed E-state index contributed by atoms with van der Waals surface area (Å²) in [5, 5.41) is 36.5. The minimum atomic E-state index is -0.921. The maximum atomic E-state index is 11.2. The summed E-state index contributed by atoms with van der Waals surface area (Å²) in [4.78, 5) is 11.2. The van der Waals surface area contributed by atoms with Gasteiger partial charge in [0.15, 0.2) is 11.3 Å². The second-order valence-corrected chi connectivity index (χ2v) is 3.07. The van der Waals surface area contributed by atoms with Crippen LogP contribution >= 0.6 is 0 Å². The van der Waals surface area contributed by atoms with E-state index < -0.39 is 22.9 Å². The van der Waals surface area contributed by atoms with Crippen molar-refractivity contribution in [2.75, 3.05) is 0 Å². The van der Waals surface area contributed by atoms with Gasteiger partial charge in [-0.15, -0.1) is 0 Å². The first-order valence-corrected chi connectivity index (χ1v) is 4.16. The monoisotopic (exact) mass is 219 g/mol. The molecule has 0 unspecified atom stereocenters. The van der Waals surface area contributed by atoms with Gasteiger partial charge in [0, 0.05) is 5.39 Å². The lowest BCUT2D eigenvalue weighted by atomic mass is 10.1. The number of phenols is 3. The number of benzene rings is 1. The van der Waals surface area contributed by atoms with Crippen LogP contribution in [0, 0.1) is 11.3 Å². The van der Waals surface area contributed by atoms with E-state index in [2.05, 4.69) is 4.42 Å². The average Bonchev–Trinajstić information content (AvgIpc) is 2.27. The topological polar surface area (TPSA) is 115 Å². The highest BCUT2D eigenvalue weighted by Gasteiger charge is 2.15. The lowest BCUT2D eigenvalue weighted by Crippen LogP contribution is -2.03. The minimum absolute atomic E-state index is 0.143. The molecule has 0 atom stereocenters. The number of nitriles is 1. The Labute approximate surface area is 88.2 Å². The molecule has 0 aliphatic rings. The van der Waals surface area contributed by atoms with E-state index in [4.69, 9.17) is 5.26 Å². The predicted molar refractivity (Wildman–Crippen MR) is 52.2 cm³/mol. The molecule has 0 aliphatic heterocycles. The number of nitrogens with zero attached hydrogens (tertiary/aromatic N) is 1. The summed E-state index contributed by atoms with van der Waals surface area (Å²) in [5.74, 6) is -2.08. The highest BCUT2D eigenvalue weighted by molar-refractivity contribution is 5.88. The van der Waals surface area contributed by atoms with Crippen molar-refractivity contribution >= 4 is 11.0 Å². The van der Waals surface area contributed by atoms with Gasteiger partial charge in [-0.3, -0.25) is 0 Å². The Bertz CT molecular complexity index is 680. The van der Waals surface area contributed by atoms with Gasteiger partial charge in [0.2, 0.25) is 11.5 Å². The van der Waals surface area contributed by atoms with E-state index in [1.807, 2.05) is 0 Å². The summed E-state index contributed by atoms with van der Waals surface area (Å²) in [7, 11) is 0. The maximum absolute atomic E-state index is 11.2. The Balaban J connectivity index is 2.99. The van der Waals surface area contributed by atoms with Crippen LogP contribution in [0.4, 0.5) is 0 Å². The summed E-state index contributed by atoms with van der Waals surface area (Å²) < 4.78 is 4.65. The Morgan fingerprint density at radius 3 is 2.50 bits per heavy atom. The van der Waals surface area contributed by atoms with Gasteiger partial charge < -0.3 is 19.7 Å². The minimum Gasteiger partial charge on any atom is -0.504 e. The van der Waals surface area contributed by atoms with Crippen molar-refractivity contribution in [1.29, 1.82) is 5.26 Å². The van der Waals surface area contributed by atoms with E-state index in [9.17, 15) is 20.1 Å². The van der Waals surface area contributed by atoms with Crippen LogP contribution in [0.2, 0.25) is 0 Å². The van der Waals surface area contributed by atoms with Gasteiger partial charge in [-0.25, -0.2) is 4.79 Å². The molecule has 0 fully saturated rings. The zero-order chi connectivity index (χ0) is 11.9. The first-order valence-electron chi connectivity index (χ1n) is 4.16. The van der Waals surface area contributed by atoms with E-state index in [0.717, 1.165) is 12.1 Å². The molecule has 2 aromatic rings. The van der Waals surface area contributed by atoms with Crippen molar-refractivity contribution < 1.29 is 19.7 Å². The number of phenolic OH excluding ortho intramolecular Hbond substituents is 3. The third-order valence-corrected chi connectivity index (χ3v) is 2.07. The van der Waals surface area contributed by atoms with Crippen molar-refractivity contribution in [3.8, 4) is 23.3 Å². The maximum Gasteiger partial charge on any atom is 0.354 e. The molecule has 3 N–H and O–H groups in total. The van der Waals surface area contributed by atoms with Crippen molar-refractivity contribution in [2.24, 2.45) is 0 Å². The largest absolute Gasteiger partial charge is 0.504 e. The average molecular weight is 219 g/mol. The normalized spacial score (nSPS) is 10.2. The van der Waals surface area contributed by atoms with Crippen LogP contribution in [0.5, 0.6) is 17.2 Å². The predicted octanol–water partition coefficient (Wildman–Crippen LogP) is 0.781. The van der Waals surface area contributed by atoms with E-state index in [0.29, 0.717) is 0 Å². The van der Waals surface area contributed by atoms with Gasteiger partial charge >= 0.3 is 5.63 Å². The highest BCUT2D eigenvalue weighted by Crippen LogP contribution is 2.40. The zero-order valence-corrected chi connectivity index (χ0v) is 7.76. The van der Waals surface area contributed by atoms with Gasteiger partial charge in [0.1, 0.15) is 11.6 Å². The summed E-state index contributed by atoms with van der Waals surface area (Å²) in [6, 6.07) is 3.84. The quantitative estimate of drug-likeness (QED) is 0.445. The van der Waals surface area contributed by atoms with Crippen LogP contribution in [0.1, 0.15) is 5.56 Å². The summed E-state index contributed by atoms with van der Waals surface area (Å²) in [6.45, 7) is 0. The lowest BCUT2D eigenvalue weighted by Gasteiger charge is -2.03. The Morgan fingerprint density at radius 1 is 1.19 bits per heavy atom. The molecular weight excluding hydrogens is 214 g/mol. The Kier molecular flexibility index (Phi) is 1.95. The number of rotatable bonds is 0. The second kappa shape index (κ2) is 3.17. The first-order chi connectivity index (χ1) is 7.54. The van der Waals surface area contributed by atoms with Crippen molar-refractivity contribution in [3.05, 3.63) is 28.1 Å². The van der Waals surface area contributed by atoms with Gasteiger partial charge in [-0.1, -0.05) is 0 Å². The van der Waals surface area contributed by atoms with Crippen LogP contribution in [-0.2, 0) is 0 Å². The lowest BCUT2D eigenvalue weighted by molar-refractivity contribution is 0.365. The fourth-order valence-corrected chi connectivity index (χ4v) is 1.30. The molecule has 16 heavy (non-hydrogen) atoms. The summed E-state index contributed by atoms with van der Waals surface area (Å²) in [5.41, 5.74) is -1.45. The molecule has 0 saturated carbocycles. The molecule has 1 aromatic carbocycles. The zero-order valence-electron chi connectivity index (χ0n) is 7.76. The van der Waals surface area contributed by atoms with Gasteiger partial charge in [0.05, 0.1) is 0 Å². The van der Waals surface area contributed by atoms with E-state index in [-0.39, 0.29) is 16.5 Å². The SMILES string of the molecule is N#Cc1cc2cc(O)c(O)c(O)c2oc1=O. The molecule has 0 bridgehead atoms. The molecule has 80 valence electrons. The molecule has 0 aliphatic carbocycles. The van der Waals surface area contributed by atoms with Crippen LogP contribution in [-0.4, -0.2) is 15.3 Å². The number of hydrogen-bond donors (Lipinski definition) is 3. The van der Waals surface area contributed by atoms with Crippen LogP contribution in [0.15, 0.2) is 21.3 Å². The summed E-state index contributed by atoms with van der Waals surface area (Å²) in [6.07, 6.45) is 0. The van der Waals surface area contributed by atoms with Gasteiger partial charge in [-0.2, -0.15) is 5.26 Å². The summed E-state index contributed by atoms with van der Waals surface area (Å²) >= 11 is 0. The molecule has 6 heteroatoms. The number of fused-ring (bicyclic) bond motifs is 1. The standard InChI is InChI=1S/C10H5NO5/c11-3-5-1-4-2-6(12)7(13)8(14)9(4)16-10(5)15/h1-2,12-14H. The van der Waals surface area contributed by atoms with Crippen LogP contribution < -0.4 is 5.63 Å². The molecule has 0 radical (unpaired) electrons. The van der Waals surface area contributed by atoms with Gasteiger partial charge in [0.25, 0.3) is 0 Å². The third kappa shape index (κ3) is 1.23. The molecule has 0 saturated heterocycles. The third-order valence-electron chi connectivity index (χ3n) is 2.07. The second-order valence-electron chi connectivity index (χ2n) is 3.07. The van der Waals surface area contributed by atoms with E-state index in [1.165, 1.54) is 0 Å². The molecule has 0 amide bonds. The van der Waals surface area contributed by atoms with Crippen molar-refractivity contribution in [3.63, 3.8) is 0 Å². The van der Waals surface area contributed by atoms with Crippen molar-refractivity contribution in [1.82, 2.24) is 0 Å². The number of hydrogen-bond acceptors (Lipinski definition) is 6. The molecule has 2 rings (SSSR count). The molecule has 6 nitrogen and oxygen atoms in total. The van der Waals surface area contributed by atoms with Crippen LogP contribution in [0.25, 0.3) is 11.0 Å². The van der Waals surface area contributed by atoms with Crippen LogP contribution in [0.3, 0.4) is 0 Å². The molecule has 1 aromatic heterocycles. The smallest absolute Gasteiger partial charge is 0.354 e. The van der Waals surface area contributed by atoms with E-state index >= 15 is 0 Å². The fourth-order valence-electron chi connectivity index (χ4n) is 1.30. The Morgan fingerprint density at radius 2 is 1.88 bits per heavy atom. The molecular formula is C10H5NO5. The van der Waals surface area contributed by atoms with E-state index in [1.54, 1.807) is 6.07 Å². The highest BCUT2D eigenvalue weighted by atomic mass is 16.4. The molecule has 0 spiro atoms. The number of aromatic hydroxyl groups is 3. The van der Waals surface area contributed by atoms with Crippen molar-refractivity contribution in [2.45, 2.75) is 0 Å². The molecule has 1 heterocycles. The first kappa shape index (κ1) is 9.86. The Hall–Kier alpha value is -2.68. The fraction of sp³-hybridized carbons (Fsp3) is 0.